The Hall–Kier alpha value is -2.20. The first-order valence-corrected chi connectivity index (χ1v) is 10.0. The number of β-lactam (4-membered cyclic amide) rings is 1. The highest BCUT2D eigenvalue weighted by molar-refractivity contribution is 5.93. The number of carbonyl (C=O) groups is 4. The van der Waals surface area contributed by atoms with Crippen molar-refractivity contribution in [1.29, 1.82) is 0 Å². The number of rotatable bonds is 11. The first-order valence-electron chi connectivity index (χ1n) is 10.0. The zero-order chi connectivity index (χ0) is 21.2. The summed E-state index contributed by atoms with van der Waals surface area (Å²) in [5.74, 6) is -1.16. The minimum atomic E-state index is -0.850. The number of amides is 3. The highest BCUT2D eigenvalue weighted by Crippen LogP contribution is 2.28. The summed E-state index contributed by atoms with van der Waals surface area (Å²) >= 11 is 0. The summed E-state index contributed by atoms with van der Waals surface area (Å²) in [6.45, 7) is 2.03. The van der Waals surface area contributed by atoms with Crippen molar-refractivity contribution in [1.82, 2.24) is 16.0 Å². The Bertz CT molecular complexity index is 598. The highest BCUT2D eigenvalue weighted by Gasteiger charge is 2.43. The van der Waals surface area contributed by atoms with Gasteiger partial charge in [-0.3, -0.25) is 19.2 Å². The molecule has 4 atom stereocenters. The molecular weight excluding hydrogens is 382 g/mol. The van der Waals surface area contributed by atoms with Crippen molar-refractivity contribution in [2.45, 2.75) is 63.8 Å². The summed E-state index contributed by atoms with van der Waals surface area (Å²) in [5.41, 5.74) is 0. The van der Waals surface area contributed by atoms with Crippen LogP contribution in [0.2, 0.25) is 0 Å². The van der Waals surface area contributed by atoms with Crippen LogP contribution in [0.25, 0.3) is 0 Å². The topological polar surface area (TPSA) is 132 Å². The third-order valence-electron chi connectivity index (χ3n) is 5.14. The molecule has 0 bridgehead atoms. The minimum Gasteiger partial charge on any atom is -0.439 e. The van der Waals surface area contributed by atoms with Gasteiger partial charge >= 0.3 is 5.97 Å². The van der Waals surface area contributed by atoms with Gasteiger partial charge < -0.3 is 30.2 Å². The summed E-state index contributed by atoms with van der Waals surface area (Å²) in [6.07, 6.45) is 3.92. The van der Waals surface area contributed by atoms with E-state index in [0.29, 0.717) is 19.6 Å². The van der Waals surface area contributed by atoms with E-state index in [0.717, 1.165) is 25.7 Å². The van der Waals surface area contributed by atoms with Gasteiger partial charge in [-0.1, -0.05) is 12.8 Å². The van der Waals surface area contributed by atoms with E-state index < -0.39 is 18.2 Å². The van der Waals surface area contributed by atoms with Crippen molar-refractivity contribution in [3.63, 3.8) is 0 Å². The van der Waals surface area contributed by atoms with Crippen molar-refractivity contribution in [3.8, 4) is 0 Å². The fourth-order valence-corrected chi connectivity index (χ4v) is 3.63. The number of esters is 1. The first kappa shape index (κ1) is 23.1. The molecule has 1 aliphatic carbocycles. The Morgan fingerprint density at radius 3 is 2.55 bits per heavy atom. The van der Waals surface area contributed by atoms with Gasteiger partial charge in [0.2, 0.25) is 18.0 Å². The molecule has 2 aliphatic rings. The molecule has 0 radical (unpaired) electrons. The van der Waals surface area contributed by atoms with Gasteiger partial charge in [0.25, 0.3) is 5.91 Å². The number of hydrogen-bond acceptors (Lipinski definition) is 7. The van der Waals surface area contributed by atoms with Gasteiger partial charge in [0.05, 0.1) is 13.2 Å². The standard InChI is InChI=1S/C19H31N3O7/c1-12(23)29-19-17(18(26)22-19)21-15(24)8-7-13-5-3-4-6-14(13)20-16(25)11-28-10-9-27-2/h13-14,17,19H,3-11H2,1-2H3,(H,20,25)(H,21,24)(H,22,26)/t13?,14-,17+,19-/m0/s1. The molecule has 10 heteroatoms. The van der Waals surface area contributed by atoms with E-state index in [1.54, 1.807) is 7.11 Å². The molecule has 1 unspecified atom stereocenters. The van der Waals surface area contributed by atoms with E-state index in [4.69, 9.17) is 14.2 Å². The van der Waals surface area contributed by atoms with E-state index in [2.05, 4.69) is 16.0 Å². The lowest BCUT2D eigenvalue weighted by Crippen LogP contribution is -2.70. The Morgan fingerprint density at radius 2 is 1.86 bits per heavy atom. The summed E-state index contributed by atoms with van der Waals surface area (Å²) < 4.78 is 15.0. The molecule has 1 aliphatic heterocycles. The maximum atomic E-state index is 12.2. The largest absolute Gasteiger partial charge is 0.439 e. The molecule has 1 saturated heterocycles. The van der Waals surface area contributed by atoms with Gasteiger partial charge in [-0.25, -0.2) is 0 Å². The second kappa shape index (κ2) is 11.7. The van der Waals surface area contributed by atoms with Gasteiger partial charge in [0, 0.05) is 26.5 Å². The first-order chi connectivity index (χ1) is 13.9. The number of nitrogens with one attached hydrogen (secondary N) is 3. The lowest BCUT2D eigenvalue weighted by Gasteiger charge is -2.36. The zero-order valence-electron chi connectivity index (χ0n) is 17.0. The Kier molecular flexibility index (Phi) is 9.33. The van der Waals surface area contributed by atoms with Crippen molar-refractivity contribution < 1.29 is 33.4 Å². The molecule has 0 aromatic heterocycles. The van der Waals surface area contributed by atoms with E-state index in [1.807, 2.05) is 0 Å². The third kappa shape index (κ3) is 7.62. The van der Waals surface area contributed by atoms with Crippen LogP contribution < -0.4 is 16.0 Å². The average molecular weight is 413 g/mol. The number of ether oxygens (including phenoxy) is 3. The quantitative estimate of drug-likeness (QED) is 0.239. The summed E-state index contributed by atoms with van der Waals surface area (Å²) in [4.78, 5) is 46.9. The predicted octanol–water partition coefficient (Wildman–Crippen LogP) is -0.392. The summed E-state index contributed by atoms with van der Waals surface area (Å²) in [7, 11) is 1.57. The van der Waals surface area contributed by atoms with E-state index in [1.165, 1.54) is 6.92 Å². The Morgan fingerprint density at radius 1 is 1.10 bits per heavy atom. The molecule has 2 fully saturated rings. The molecule has 164 valence electrons. The van der Waals surface area contributed by atoms with Crippen molar-refractivity contribution in [2.24, 2.45) is 5.92 Å². The molecule has 29 heavy (non-hydrogen) atoms. The minimum absolute atomic E-state index is 0.0101. The van der Waals surface area contributed by atoms with Crippen LogP contribution >= 0.6 is 0 Å². The second-order valence-corrected chi connectivity index (χ2v) is 7.39. The molecule has 1 saturated carbocycles. The molecular formula is C19H31N3O7. The van der Waals surface area contributed by atoms with Gasteiger partial charge in [0.1, 0.15) is 6.61 Å². The lowest BCUT2D eigenvalue weighted by atomic mass is 9.81. The predicted molar refractivity (Wildman–Crippen MR) is 101 cm³/mol. The molecule has 1 heterocycles. The van der Waals surface area contributed by atoms with E-state index >= 15 is 0 Å². The molecule has 3 amide bonds. The molecule has 3 N–H and O–H groups in total. The van der Waals surface area contributed by atoms with Gasteiger partial charge in [-0.15, -0.1) is 0 Å². The monoisotopic (exact) mass is 413 g/mol. The number of methoxy groups -OCH3 is 1. The Balaban J connectivity index is 1.73. The molecule has 2 rings (SSSR count). The van der Waals surface area contributed by atoms with E-state index in [-0.39, 0.29) is 42.7 Å². The fraction of sp³-hybridized carbons (Fsp3) is 0.789. The van der Waals surface area contributed by atoms with Crippen LogP contribution in [0.5, 0.6) is 0 Å². The smallest absolute Gasteiger partial charge is 0.304 e. The van der Waals surface area contributed by atoms with Crippen molar-refractivity contribution >= 4 is 23.7 Å². The van der Waals surface area contributed by atoms with Crippen LogP contribution in [-0.2, 0) is 33.4 Å². The maximum absolute atomic E-state index is 12.2. The second-order valence-electron chi connectivity index (χ2n) is 7.39. The number of carbonyl (C=O) groups excluding carboxylic acids is 4. The molecule has 10 nitrogen and oxygen atoms in total. The van der Waals surface area contributed by atoms with Crippen LogP contribution in [-0.4, -0.2) is 68.9 Å². The van der Waals surface area contributed by atoms with Crippen LogP contribution in [0, 0.1) is 5.92 Å². The molecule has 0 spiro atoms. The maximum Gasteiger partial charge on any atom is 0.304 e. The van der Waals surface area contributed by atoms with Gasteiger partial charge in [-0.2, -0.15) is 0 Å². The zero-order valence-corrected chi connectivity index (χ0v) is 17.0. The Labute approximate surface area is 170 Å². The van der Waals surface area contributed by atoms with Gasteiger partial charge in [-0.05, 0) is 25.2 Å². The summed E-state index contributed by atoms with van der Waals surface area (Å²) in [6, 6.07) is -0.839. The summed E-state index contributed by atoms with van der Waals surface area (Å²) in [5, 5.41) is 8.04. The van der Waals surface area contributed by atoms with Crippen molar-refractivity contribution in [2.75, 3.05) is 26.9 Å². The van der Waals surface area contributed by atoms with Crippen LogP contribution in [0.4, 0.5) is 0 Å². The van der Waals surface area contributed by atoms with Gasteiger partial charge in [0.15, 0.2) is 6.04 Å². The van der Waals surface area contributed by atoms with Crippen LogP contribution in [0.3, 0.4) is 0 Å². The number of hydrogen-bond donors (Lipinski definition) is 3. The average Bonchev–Trinajstić information content (AvgIpc) is 2.68. The highest BCUT2D eigenvalue weighted by atomic mass is 16.6. The van der Waals surface area contributed by atoms with Crippen LogP contribution in [0.1, 0.15) is 45.4 Å². The van der Waals surface area contributed by atoms with E-state index in [9.17, 15) is 19.2 Å². The molecule has 0 aromatic rings. The van der Waals surface area contributed by atoms with Crippen LogP contribution in [0.15, 0.2) is 0 Å². The molecule has 0 aromatic carbocycles. The van der Waals surface area contributed by atoms with Crippen molar-refractivity contribution in [3.05, 3.63) is 0 Å². The SMILES string of the molecule is COCCOCC(=O)N[C@H]1CCCCC1CCC(=O)N[C@@H]1C(=O)N[C@H]1OC(C)=O. The fourth-order valence-electron chi connectivity index (χ4n) is 3.63. The lowest BCUT2D eigenvalue weighted by molar-refractivity contribution is -0.164. The third-order valence-corrected chi connectivity index (χ3v) is 5.14. The normalized spacial score (nSPS) is 26.1.